The van der Waals surface area contributed by atoms with Crippen LogP contribution in [0.25, 0.3) is 0 Å². The van der Waals surface area contributed by atoms with Gasteiger partial charge in [-0.3, -0.25) is 4.79 Å². The maximum absolute atomic E-state index is 12.1. The molecular formula is C16H17ClN2OS. The van der Waals surface area contributed by atoms with Gasteiger partial charge >= 0.3 is 0 Å². The lowest BCUT2D eigenvalue weighted by Crippen LogP contribution is -2.22. The van der Waals surface area contributed by atoms with Gasteiger partial charge in [-0.15, -0.1) is 11.8 Å². The van der Waals surface area contributed by atoms with Gasteiger partial charge in [-0.1, -0.05) is 23.7 Å². The van der Waals surface area contributed by atoms with Crippen LogP contribution in [0.1, 0.15) is 12.5 Å². The van der Waals surface area contributed by atoms with Crippen LogP contribution in [0.3, 0.4) is 0 Å². The number of hydrogen-bond acceptors (Lipinski definition) is 3. The van der Waals surface area contributed by atoms with Gasteiger partial charge < -0.3 is 11.1 Å². The van der Waals surface area contributed by atoms with Gasteiger partial charge in [0.25, 0.3) is 0 Å². The monoisotopic (exact) mass is 320 g/mol. The molecule has 3 N–H and O–H groups in total. The highest BCUT2D eigenvalue weighted by atomic mass is 35.5. The topological polar surface area (TPSA) is 55.1 Å². The SMILES string of the molecule is CC(SCc1ccc(N)cc1)C(=O)Nc1ccc(Cl)cc1. The standard InChI is InChI=1S/C16H17ClN2OS/c1-11(21-10-12-2-6-14(18)7-3-12)16(20)19-15-8-4-13(17)5-9-15/h2-9,11H,10,18H2,1H3,(H,19,20). The molecule has 1 atom stereocenters. The minimum absolute atomic E-state index is 0.0160. The molecule has 0 saturated heterocycles. The molecule has 0 aliphatic carbocycles. The summed E-state index contributed by atoms with van der Waals surface area (Å²) in [5.41, 5.74) is 8.30. The molecule has 0 heterocycles. The number of amides is 1. The van der Waals surface area contributed by atoms with Crippen LogP contribution in [-0.4, -0.2) is 11.2 Å². The fourth-order valence-electron chi connectivity index (χ4n) is 1.69. The van der Waals surface area contributed by atoms with Crippen molar-refractivity contribution in [3.8, 4) is 0 Å². The molecule has 5 heteroatoms. The van der Waals surface area contributed by atoms with Crippen LogP contribution in [0.5, 0.6) is 0 Å². The second kappa shape index (κ2) is 7.38. The molecule has 0 saturated carbocycles. The third-order valence-electron chi connectivity index (χ3n) is 2.96. The Morgan fingerprint density at radius 3 is 2.43 bits per heavy atom. The zero-order chi connectivity index (χ0) is 15.2. The molecule has 110 valence electrons. The van der Waals surface area contributed by atoms with Gasteiger partial charge in [0.05, 0.1) is 5.25 Å². The molecule has 0 bridgehead atoms. The third-order valence-corrected chi connectivity index (χ3v) is 4.43. The second-order valence-corrected chi connectivity index (χ2v) is 6.46. The van der Waals surface area contributed by atoms with Crippen molar-refractivity contribution in [1.29, 1.82) is 0 Å². The Labute approximate surface area is 133 Å². The summed E-state index contributed by atoms with van der Waals surface area (Å²) in [7, 11) is 0. The zero-order valence-electron chi connectivity index (χ0n) is 11.7. The molecular weight excluding hydrogens is 304 g/mol. The van der Waals surface area contributed by atoms with Gasteiger partial charge in [-0.05, 0) is 48.9 Å². The first-order chi connectivity index (χ1) is 10.0. The van der Waals surface area contributed by atoms with E-state index in [9.17, 15) is 4.79 Å². The van der Waals surface area contributed by atoms with Crippen LogP contribution in [0, 0.1) is 0 Å². The lowest BCUT2D eigenvalue weighted by Gasteiger charge is -2.12. The number of nitrogen functional groups attached to an aromatic ring is 1. The van der Waals surface area contributed by atoms with Crippen molar-refractivity contribution < 1.29 is 4.79 Å². The number of carbonyl (C=O) groups excluding carboxylic acids is 1. The normalized spacial score (nSPS) is 11.9. The van der Waals surface area contributed by atoms with E-state index in [0.717, 1.165) is 22.7 Å². The van der Waals surface area contributed by atoms with Crippen LogP contribution >= 0.6 is 23.4 Å². The maximum atomic E-state index is 12.1. The highest BCUT2D eigenvalue weighted by molar-refractivity contribution is 7.99. The number of hydrogen-bond donors (Lipinski definition) is 2. The average molecular weight is 321 g/mol. The molecule has 3 nitrogen and oxygen atoms in total. The fraction of sp³-hybridized carbons (Fsp3) is 0.188. The average Bonchev–Trinajstić information content (AvgIpc) is 2.48. The number of carbonyl (C=O) groups is 1. The number of benzene rings is 2. The minimum atomic E-state index is -0.141. The summed E-state index contributed by atoms with van der Waals surface area (Å²) in [6, 6.07) is 14.8. The first-order valence-electron chi connectivity index (χ1n) is 6.57. The van der Waals surface area contributed by atoms with E-state index in [0.29, 0.717) is 5.02 Å². The molecule has 2 aromatic carbocycles. The maximum Gasteiger partial charge on any atom is 0.237 e. The predicted octanol–water partition coefficient (Wildman–Crippen LogP) is 4.18. The molecule has 1 unspecified atom stereocenters. The number of rotatable bonds is 5. The molecule has 2 rings (SSSR count). The van der Waals surface area contributed by atoms with E-state index in [2.05, 4.69) is 5.32 Å². The van der Waals surface area contributed by atoms with Crippen LogP contribution in [-0.2, 0) is 10.5 Å². The van der Waals surface area contributed by atoms with Crippen molar-refractivity contribution in [2.75, 3.05) is 11.1 Å². The van der Waals surface area contributed by atoms with Gasteiger partial charge in [0.1, 0.15) is 0 Å². The Kier molecular flexibility index (Phi) is 5.53. The van der Waals surface area contributed by atoms with Crippen molar-refractivity contribution in [3.05, 3.63) is 59.1 Å². The summed E-state index contributed by atoms with van der Waals surface area (Å²) in [6.07, 6.45) is 0. The van der Waals surface area contributed by atoms with E-state index < -0.39 is 0 Å². The predicted molar refractivity (Wildman–Crippen MR) is 91.7 cm³/mol. The van der Waals surface area contributed by atoms with Crippen LogP contribution in [0.2, 0.25) is 5.02 Å². The number of nitrogens with one attached hydrogen (secondary N) is 1. The van der Waals surface area contributed by atoms with E-state index in [1.165, 1.54) is 0 Å². The molecule has 2 aromatic rings. The lowest BCUT2D eigenvalue weighted by molar-refractivity contribution is -0.115. The van der Waals surface area contributed by atoms with Gasteiger partial charge in [0, 0.05) is 22.2 Å². The van der Waals surface area contributed by atoms with E-state index in [1.54, 1.807) is 36.0 Å². The zero-order valence-corrected chi connectivity index (χ0v) is 13.2. The Morgan fingerprint density at radius 2 is 1.81 bits per heavy atom. The van der Waals surface area contributed by atoms with E-state index in [4.69, 9.17) is 17.3 Å². The molecule has 0 fully saturated rings. The Hall–Kier alpha value is -1.65. The van der Waals surface area contributed by atoms with Crippen molar-refractivity contribution in [2.24, 2.45) is 0 Å². The number of thioether (sulfide) groups is 1. The fourth-order valence-corrected chi connectivity index (χ4v) is 2.66. The van der Waals surface area contributed by atoms with Gasteiger partial charge in [-0.2, -0.15) is 0 Å². The minimum Gasteiger partial charge on any atom is -0.399 e. The molecule has 1 amide bonds. The first-order valence-corrected chi connectivity index (χ1v) is 8.00. The highest BCUT2D eigenvalue weighted by Crippen LogP contribution is 2.20. The third kappa shape index (κ3) is 4.99. The largest absolute Gasteiger partial charge is 0.399 e. The molecule has 0 aliphatic rings. The van der Waals surface area contributed by atoms with Gasteiger partial charge in [0.15, 0.2) is 0 Å². The van der Waals surface area contributed by atoms with Crippen LogP contribution in [0.4, 0.5) is 11.4 Å². The summed E-state index contributed by atoms with van der Waals surface area (Å²) in [5.74, 6) is 0.757. The van der Waals surface area contributed by atoms with Crippen LogP contribution in [0.15, 0.2) is 48.5 Å². The summed E-state index contributed by atoms with van der Waals surface area (Å²) < 4.78 is 0. The van der Waals surface area contributed by atoms with E-state index >= 15 is 0 Å². The smallest absolute Gasteiger partial charge is 0.237 e. The second-order valence-electron chi connectivity index (χ2n) is 4.69. The molecule has 21 heavy (non-hydrogen) atoms. The molecule has 0 radical (unpaired) electrons. The number of halogens is 1. The van der Waals surface area contributed by atoms with Crippen LogP contribution < -0.4 is 11.1 Å². The number of anilines is 2. The lowest BCUT2D eigenvalue weighted by atomic mass is 10.2. The van der Waals surface area contributed by atoms with Crippen molar-refractivity contribution in [3.63, 3.8) is 0 Å². The van der Waals surface area contributed by atoms with Crippen molar-refractivity contribution in [2.45, 2.75) is 17.9 Å². The van der Waals surface area contributed by atoms with Gasteiger partial charge in [0.2, 0.25) is 5.91 Å². The van der Waals surface area contributed by atoms with Gasteiger partial charge in [-0.25, -0.2) is 0 Å². The summed E-state index contributed by atoms with van der Waals surface area (Å²) in [6.45, 7) is 1.90. The Balaban J connectivity index is 1.84. The van der Waals surface area contributed by atoms with Crippen molar-refractivity contribution in [1.82, 2.24) is 0 Å². The molecule has 0 aromatic heterocycles. The first kappa shape index (κ1) is 15.7. The molecule has 0 aliphatic heterocycles. The summed E-state index contributed by atoms with van der Waals surface area (Å²) in [5, 5.41) is 3.39. The molecule has 0 spiro atoms. The summed E-state index contributed by atoms with van der Waals surface area (Å²) in [4.78, 5) is 12.1. The highest BCUT2D eigenvalue weighted by Gasteiger charge is 2.13. The van der Waals surface area contributed by atoms with E-state index in [1.807, 2.05) is 31.2 Å². The van der Waals surface area contributed by atoms with E-state index in [-0.39, 0.29) is 11.2 Å². The number of nitrogens with two attached hydrogens (primary N) is 1. The Bertz CT molecular complexity index is 599. The summed E-state index contributed by atoms with van der Waals surface area (Å²) >= 11 is 7.40. The Morgan fingerprint density at radius 1 is 1.19 bits per heavy atom. The van der Waals surface area contributed by atoms with Crippen molar-refractivity contribution >= 4 is 40.6 Å². The quantitative estimate of drug-likeness (QED) is 0.812.